The van der Waals surface area contributed by atoms with Gasteiger partial charge in [-0.15, -0.1) is 0 Å². The molecule has 1 fully saturated rings. The van der Waals surface area contributed by atoms with Crippen LogP contribution in [0.3, 0.4) is 0 Å². The zero-order valence-corrected chi connectivity index (χ0v) is 9.30. The van der Waals surface area contributed by atoms with Crippen LogP contribution in [0.25, 0.3) is 0 Å². The Balaban J connectivity index is 3.13. The third-order valence-corrected chi connectivity index (χ3v) is 2.92. The minimum Gasteiger partial charge on any atom is -0.480 e. The monoisotopic (exact) mass is 233 g/mol. The van der Waals surface area contributed by atoms with Crippen molar-refractivity contribution in [2.24, 2.45) is 0 Å². The zero-order chi connectivity index (χ0) is 12.7. The highest BCUT2D eigenvalue weighted by atomic mass is 16.6. The lowest BCUT2D eigenvalue weighted by Crippen LogP contribution is -2.59. The molecule has 0 spiro atoms. The second-order valence-corrected chi connectivity index (χ2v) is 4.31. The standard InChI is InChI=1S/C9H15NO6/c1-8(2)9(3,15)10(7(14)16-8)5(4-11)6(12)13/h5,11,15H,4H2,1-3H3,(H,12,13)/t5-,9?/m0/s1. The van der Waals surface area contributed by atoms with Gasteiger partial charge >= 0.3 is 12.1 Å². The zero-order valence-electron chi connectivity index (χ0n) is 9.30. The van der Waals surface area contributed by atoms with Gasteiger partial charge in [-0.05, 0) is 20.8 Å². The lowest BCUT2D eigenvalue weighted by molar-refractivity contribution is -0.164. The molecular weight excluding hydrogens is 218 g/mol. The van der Waals surface area contributed by atoms with E-state index < -0.39 is 36.0 Å². The molecule has 3 N–H and O–H groups in total. The number of ether oxygens (including phenoxy) is 1. The molecule has 0 aliphatic carbocycles. The Morgan fingerprint density at radius 3 is 2.25 bits per heavy atom. The van der Waals surface area contributed by atoms with Crippen molar-refractivity contribution in [1.29, 1.82) is 0 Å². The number of amides is 1. The summed E-state index contributed by atoms with van der Waals surface area (Å²) in [6.07, 6.45) is -0.962. The number of rotatable bonds is 3. The lowest BCUT2D eigenvalue weighted by atomic mass is 9.95. The predicted octanol–water partition coefficient (Wildman–Crippen LogP) is -0.629. The number of aliphatic hydroxyl groups excluding tert-OH is 1. The molecule has 16 heavy (non-hydrogen) atoms. The molecular formula is C9H15NO6. The van der Waals surface area contributed by atoms with E-state index in [-0.39, 0.29) is 0 Å². The Bertz CT molecular complexity index is 324. The molecule has 1 unspecified atom stereocenters. The lowest BCUT2D eigenvalue weighted by Gasteiger charge is -2.36. The highest BCUT2D eigenvalue weighted by molar-refractivity contribution is 5.82. The SMILES string of the molecule is CC1(C)OC(=O)N([C@@H](CO)C(=O)O)C1(C)O. The number of carbonyl (C=O) groups excluding carboxylic acids is 1. The van der Waals surface area contributed by atoms with Crippen LogP contribution in [0.5, 0.6) is 0 Å². The Kier molecular flexibility index (Phi) is 2.86. The van der Waals surface area contributed by atoms with E-state index in [1.165, 1.54) is 20.8 Å². The van der Waals surface area contributed by atoms with Gasteiger partial charge in [-0.25, -0.2) is 9.59 Å². The van der Waals surface area contributed by atoms with Crippen molar-refractivity contribution in [2.75, 3.05) is 6.61 Å². The summed E-state index contributed by atoms with van der Waals surface area (Å²) >= 11 is 0. The van der Waals surface area contributed by atoms with Crippen molar-refractivity contribution < 1.29 is 29.6 Å². The number of carbonyl (C=O) groups is 2. The minimum atomic E-state index is -1.80. The highest BCUT2D eigenvalue weighted by Gasteiger charge is 2.59. The first-order chi connectivity index (χ1) is 7.15. The van der Waals surface area contributed by atoms with Gasteiger partial charge in [-0.3, -0.25) is 4.90 Å². The molecule has 1 aliphatic heterocycles. The molecule has 1 aliphatic rings. The number of nitrogens with zero attached hydrogens (tertiary/aromatic N) is 1. The van der Waals surface area contributed by atoms with Crippen LogP contribution < -0.4 is 0 Å². The van der Waals surface area contributed by atoms with Crippen molar-refractivity contribution >= 4 is 12.1 Å². The highest BCUT2D eigenvalue weighted by Crippen LogP contribution is 2.38. The number of cyclic esters (lactones) is 1. The Morgan fingerprint density at radius 2 is 2.00 bits per heavy atom. The average molecular weight is 233 g/mol. The van der Waals surface area contributed by atoms with Gasteiger partial charge in [0.2, 0.25) is 0 Å². The van der Waals surface area contributed by atoms with Crippen LogP contribution >= 0.6 is 0 Å². The van der Waals surface area contributed by atoms with E-state index >= 15 is 0 Å². The second-order valence-electron chi connectivity index (χ2n) is 4.31. The van der Waals surface area contributed by atoms with Crippen molar-refractivity contribution in [2.45, 2.75) is 38.1 Å². The molecule has 0 aromatic rings. The number of aliphatic hydroxyl groups is 2. The van der Waals surface area contributed by atoms with Crippen molar-refractivity contribution in [3.8, 4) is 0 Å². The van der Waals surface area contributed by atoms with Crippen molar-refractivity contribution in [1.82, 2.24) is 4.90 Å². The molecule has 1 amide bonds. The average Bonchev–Trinajstić information content (AvgIpc) is 2.24. The van der Waals surface area contributed by atoms with Crippen molar-refractivity contribution in [3.05, 3.63) is 0 Å². The number of aliphatic carboxylic acids is 1. The smallest absolute Gasteiger partial charge is 0.413 e. The van der Waals surface area contributed by atoms with E-state index in [4.69, 9.17) is 14.9 Å². The summed E-state index contributed by atoms with van der Waals surface area (Å²) in [5.74, 6) is -1.41. The van der Waals surface area contributed by atoms with Crippen molar-refractivity contribution in [3.63, 3.8) is 0 Å². The Morgan fingerprint density at radius 1 is 1.50 bits per heavy atom. The minimum absolute atomic E-state index is 0.634. The first kappa shape index (κ1) is 12.7. The maximum Gasteiger partial charge on any atom is 0.413 e. The summed E-state index contributed by atoms with van der Waals surface area (Å²) in [6, 6.07) is -1.52. The molecule has 0 aromatic carbocycles. The normalized spacial score (nSPS) is 30.1. The van der Waals surface area contributed by atoms with Gasteiger partial charge in [0, 0.05) is 0 Å². The van der Waals surface area contributed by atoms with Gasteiger partial charge < -0.3 is 20.1 Å². The van der Waals surface area contributed by atoms with Gasteiger partial charge in [-0.1, -0.05) is 0 Å². The summed E-state index contributed by atoms with van der Waals surface area (Å²) in [5, 5.41) is 27.9. The summed E-state index contributed by atoms with van der Waals surface area (Å²) in [5.41, 5.74) is -3.04. The maximum absolute atomic E-state index is 11.5. The van der Waals surface area contributed by atoms with E-state index in [0.29, 0.717) is 4.90 Å². The molecule has 0 bridgehead atoms. The van der Waals surface area contributed by atoms with E-state index in [0.717, 1.165) is 0 Å². The van der Waals surface area contributed by atoms with E-state index in [2.05, 4.69) is 0 Å². The van der Waals surface area contributed by atoms with Gasteiger partial charge in [0.25, 0.3) is 0 Å². The Hall–Kier alpha value is -1.34. The molecule has 2 atom stereocenters. The molecule has 1 saturated heterocycles. The summed E-state index contributed by atoms with van der Waals surface area (Å²) in [4.78, 5) is 23.0. The first-order valence-electron chi connectivity index (χ1n) is 4.73. The van der Waals surface area contributed by atoms with Gasteiger partial charge in [0.05, 0.1) is 6.61 Å². The topological polar surface area (TPSA) is 107 Å². The first-order valence-corrected chi connectivity index (χ1v) is 4.73. The molecule has 7 nitrogen and oxygen atoms in total. The Labute approximate surface area is 92.2 Å². The van der Waals surface area contributed by atoms with Crippen LogP contribution in [0.4, 0.5) is 4.79 Å². The fraction of sp³-hybridized carbons (Fsp3) is 0.778. The third-order valence-electron chi connectivity index (χ3n) is 2.92. The summed E-state index contributed by atoms with van der Waals surface area (Å²) in [6.45, 7) is 3.39. The second kappa shape index (κ2) is 3.60. The molecule has 1 rings (SSSR count). The molecule has 1 heterocycles. The quantitative estimate of drug-likeness (QED) is 0.599. The molecule has 7 heteroatoms. The summed E-state index contributed by atoms with van der Waals surface area (Å²) < 4.78 is 4.87. The van der Waals surface area contributed by atoms with E-state index in [1.54, 1.807) is 0 Å². The van der Waals surface area contributed by atoms with Gasteiger partial charge in [0.15, 0.2) is 17.4 Å². The van der Waals surface area contributed by atoms with Gasteiger partial charge in [0.1, 0.15) is 0 Å². The van der Waals surface area contributed by atoms with Gasteiger partial charge in [-0.2, -0.15) is 0 Å². The van der Waals surface area contributed by atoms with Crippen LogP contribution in [0.2, 0.25) is 0 Å². The fourth-order valence-corrected chi connectivity index (χ4v) is 1.53. The third kappa shape index (κ3) is 1.61. The van der Waals surface area contributed by atoms with Crippen LogP contribution in [0.15, 0.2) is 0 Å². The largest absolute Gasteiger partial charge is 0.480 e. The number of carboxylic acids is 1. The summed E-state index contributed by atoms with van der Waals surface area (Å²) in [7, 11) is 0. The molecule has 0 saturated carbocycles. The van der Waals surface area contributed by atoms with Crippen LogP contribution in [0, 0.1) is 0 Å². The molecule has 92 valence electrons. The molecule has 0 radical (unpaired) electrons. The molecule has 0 aromatic heterocycles. The van der Waals surface area contributed by atoms with Crippen LogP contribution in [-0.2, 0) is 9.53 Å². The van der Waals surface area contributed by atoms with E-state index in [1.807, 2.05) is 0 Å². The van der Waals surface area contributed by atoms with E-state index in [9.17, 15) is 14.7 Å². The fourth-order valence-electron chi connectivity index (χ4n) is 1.53. The number of hydrogen-bond donors (Lipinski definition) is 3. The predicted molar refractivity (Wildman–Crippen MR) is 51.5 cm³/mol. The number of hydrogen-bond acceptors (Lipinski definition) is 5. The number of carboxylic acid groups (broad SMARTS) is 1. The van der Waals surface area contributed by atoms with Crippen LogP contribution in [0.1, 0.15) is 20.8 Å². The maximum atomic E-state index is 11.5. The van der Waals surface area contributed by atoms with Crippen LogP contribution in [-0.4, -0.2) is 56.3 Å².